The Balaban J connectivity index is 1.59. The second-order valence-electron chi connectivity index (χ2n) is 8.37. The average molecular weight is 480 g/mol. The molecule has 2 atom stereocenters. The predicted octanol–water partition coefficient (Wildman–Crippen LogP) is 3.50. The van der Waals surface area contributed by atoms with Gasteiger partial charge in [-0.15, -0.1) is 11.3 Å². The predicted molar refractivity (Wildman–Crippen MR) is 118 cm³/mol. The highest BCUT2D eigenvalue weighted by atomic mass is 32.1. The van der Waals surface area contributed by atoms with Crippen molar-refractivity contribution in [3.63, 3.8) is 0 Å². The molecular formula is C23H27F2N3O4S. The number of amides is 2. The maximum atomic E-state index is 14.1. The number of thiazole rings is 1. The number of aryl methyl sites for hydroxylation is 1. The van der Waals surface area contributed by atoms with Crippen molar-refractivity contribution < 1.29 is 27.9 Å². The van der Waals surface area contributed by atoms with Gasteiger partial charge in [-0.1, -0.05) is 26.0 Å². The highest BCUT2D eigenvalue weighted by Gasteiger charge is 2.34. The first-order valence-electron chi connectivity index (χ1n) is 10.8. The van der Waals surface area contributed by atoms with Crippen LogP contribution < -0.4 is 5.32 Å². The van der Waals surface area contributed by atoms with Gasteiger partial charge in [-0.3, -0.25) is 9.59 Å². The van der Waals surface area contributed by atoms with E-state index in [9.17, 15) is 23.2 Å². The van der Waals surface area contributed by atoms with Gasteiger partial charge in [0.15, 0.2) is 11.6 Å². The monoisotopic (exact) mass is 479 g/mol. The van der Waals surface area contributed by atoms with E-state index in [1.165, 1.54) is 28.4 Å². The van der Waals surface area contributed by atoms with Crippen LogP contribution in [-0.4, -0.2) is 39.8 Å². The number of carbonyl (C=O) groups excluding carboxylic acids is 3. The normalized spacial score (nSPS) is 16.8. The zero-order valence-electron chi connectivity index (χ0n) is 18.8. The highest BCUT2D eigenvalue weighted by molar-refractivity contribution is 7.11. The number of nitrogens with zero attached hydrogens (tertiary/aromatic N) is 2. The van der Waals surface area contributed by atoms with E-state index in [1.807, 2.05) is 6.92 Å². The van der Waals surface area contributed by atoms with Crippen LogP contribution >= 0.6 is 11.3 Å². The molecule has 0 bridgehead atoms. The van der Waals surface area contributed by atoms with Gasteiger partial charge in [-0.2, -0.15) is 0 Å². The Hall–Kier alpha value is -2.88. The van der Waals surface area contributed by atoms with Crippen molar-refractivity contribution in [1.29, 1.82) is 0 Å². The number of benzene rings is 1. The summed E-state index contributed by atoms with van der Waals surface area (Å²) in [6.45, 7) is 5.40. The topological polar surface area (TPSA) is 88.6 Å². The molecule has 1 N–H and O–H groups in total. The molecule has 0 unspecified atom stereocenters. The van der Waals surface area contributed by atoms with Gasteiger partial charge < -0.3 is 15.0 Å². The molecule has 0 radical (unpaired) electrons. The van der Waals surface area contributed by atoms with Crippen molar-refractivity contribution in [1.82, 2.24) is 15.2 Å². The summed E-state index contributed by atoms with van der Waals surface area (Å²) in [5, 5.41) is 3.57. The van der Waals surface area contributed by atoms with E-state index in [0.717, 1.165) is 16.0 Å². The Labute approximate surface area is 195 Å². The van der Waals surface area contributed by atoms with Gasteiger partial charge in [0.1, 0.15) is 12.6 Å². The molecule has 1 fully saturated rings. The Morgan fingerprint density at radius 3 is 2.76 bits per heavy atom. The smallest absolute Gasteiger partial charge is 0.329 e. The Kier molecular flexibility index (Phi) is 8.12. The van der Waals surface area contributed by atoms with Gasteiger partial charge >= 0.3 is 5.97 Å². The van der Waals surface area contributed by atoms with Crippen LogP contribution in [0.3, 0.4) is 0 Å². The number of rotatable bonds is 9. The summed E-state index contributed by atoms with van der Waals surface area (Å²) >= 11 is 1.42. The molecule has 1 aromatic carbocycles. The maximum absolute atomic E-state index is 14.1. The molecule has 1 aliphatic rings. The lowest BCUT2D eigenvalue weighted by Gasteiger charge is -2.26. The molecule has 1 aromatic heterocycles. The number of halogens is 2. The molecule has 1 aliphatic heterocycles. The van der Waals surface area contributed by atoms with E-state index in [0.29, 0.717) is 6.42 Å². The average Bonchev–Trinajstić information content (AvgIpc) is 3.33. The third-order valence-corrected chi connectivity index (χ3v) is 6.40. The number of hydrogen-bond acceptors (Lipinski definition) is 6. The molecule has 0 saturated carbocycles. The first-order valence-corrected chi connectivity index (χ1v) is 11.6. The van der Waals surface area contributed by atoms with E-state index in [4.69, 9.17) is 4.74 Å². The highest BCUT2D eigenvalue weighted by Crippen LogP contribution is 2.25. The van der Waals surface area contributed by atoms with E-state index in [2.05, 4.69) is 10.3 Å². The summed E-state index contributed by atoms with van der Waals surface area (Å²) in [4.78, 5) is 43.9. The SMILES string of the molecule is Cc1ncc(COC(=O)[C@@H](NC(=O)C[C@@H]2CCC(=O)N2Cc2cccc(F)c2F)C(C)C)s1. The molecule has 1 saturated heterocycles. The first kappa shape index (κ1) is 24.8. The number of hydrogen-bond donors (Lipinski definition) is 1. The molecule has 178 valence electrons. The van der Waals surface area contributed by atoms with Gasteiger partial charge in [0.2, 0.25) is 11.8 Å². The van der Waals surface area contributed by atoms with Crippen molar-refractivity contribution in [2.24, 2.45) is 5.92 Å². The molecule has 0 aliphatic carbocycles. The molecule has 2 aromatic rings. The summed E-state index contributed by atoms with van der Waals surface area (Å²) < 4.78 is 33.0. The van der Waals surface area contributed by atoms with Crippen LogP contribution in [0.4, 0.5) is 8.78 Å². The second-order valence-corrected chi connectivity index (χ2v) is 9.69. The second kappa shape index (κ2) is 10.8. The third kappa shape index (κ3) is 6.34. The van der Waals surface area contributed by atoms with Crippen molar-refractivity contribution in [2.45, 2.75) is 65.3 Å². The van der Waals surface area contributed by atoms with Gasteiger partial charge in [-0.25, -0.2) is 18.6 Å². The summed E-state index contributed by atoms with van der Waals surface area (Å²) in [6, 6.07) is 2.48. The van der Waals surface area contributed by atoms with Gasteiger partial charge in [0.05, 0.1) is 9.88 Å². The maximum Gasteiger partial charge on any atom is 0.329 e. The number of esters is 1. The summed E-state index contributed by atoms with van der Waals surface area (Å²) in [5.74, 6) is -3.39. The lowest BCUT2D eigenvalue weighted by Crippen LogP contribution is -2.47. The van der Waals surface area contributed by atoms with Crippen LogP contribution in [0.5, 0.6) is 0 Å². The summed E-state index contributed by atoms with van der Waals surface area (Å²) in [6.07, 6.45) is 2.24. The Morgan fingerprint density at radius 2 is 2.09 bits per heavy atom. The van der Waals surface area contributed by atoms with Crippen LogP contribution in [0.25, 0.3) is 0 Å². The number of ether oxygens (including phenoxy) is 1. The van der Waals surface area contributed by atoms with Crippen molar-refractivity contribution in [3.8, 4) is 0 Å². The van der Waals surface area contributed by atoms with Crippen LogP contribution in [0, 0.1) is 24.5 Å². The van der Waals surface area contributed by atoms with Gasteiger partial charge in [0, 0.05) is 37.2 Å². The van der Waals surface area contributed by atoms with Crippen LogP contribution in [0.15, 0.2) is 24.4 Å². The zero-order chi connectivity index (χ0) is 24.1. The molecule has 0 spiro atoms. The van der Waals surface area contributed by atoms with Crippen LogP contribution in [0.2, 0.25) is 0 Å². The largest absolute Gasteiger partial charge is 0.458 e. The quantitative estimate of drug-likeness (QED) is 0.556. The Bertz CT molecular complexity index is 1030. The summed E-state index contributed by atoms with van der Waals surface area (Å²) in [7, 11) is 0. The van der Waals surface area contributed by atoms with E-state index in [-0.39, 0.29) is 43.4 Å². The fourth-order valence-electron chi connectivity index (χ4n) is 3.73. The Morgan fingerprint density at radius 1 is 1.33 bits per heavy atom. The molecular weight excluding hydrogens is 452 g/mol. The zero-order valence-corrected chi connectivity index (χ0v) is 19.6. The van der Waals surface area contributed by atoms with Crippen molar-refractivity contribution >= 4 is 29.1 Å². The molecule has 7 nitrogen and oxygen atoms in total. The number of likely N-dealkylation sites (tertiary alicyclic amines) is 1. The van der Waals surface area contributed by atoms with E-state index in [1.54, 1.807) is 20.0 Å². The third-order valence-electron chi connectivity index (χ3n) is 5.51. The molecule has 10 heteroatoms. The summed E-state index contributed by atoms with van der Waals surface area (Å²) in [5.41, 5.74) is 0.0533. The standard InChI is InChI=1S/C23H27F2N3O4S/c1-13(2)22(23(31)32-12-17-10-26-14(3)33-17)27-19(29)9-16-7-8-20(30)28(16)11-15-5-4-6-18(24)21(15)25/h4-6,10,13,16,22H,7-9,11-12H2,1-3H3,(H,27,29)/t16-,22-/m0/s1. The van der Waals surface area contributed by atoms with Gasteiger partial charge in [0.25, 0.3) is 0 Å². The minimum absolute atomic E-state index is 0.0484. The first-order chi connectivity index (χ1) is 15.7. The van der Waals surface area contributed by atoms with Crippen molar-refractivity contribution in [3.05, 3.63) is 51.5 Å². The minimum Gasteiger partial charge on any atom is -0.458 e. The molecule has 33 heavy (non-hydrogen) atoms. The molecule has 2 heterocycles. The van der Waals surface area contributed by atoms with Crippen LogP contribution in [-0.2, 0) is 32.3 Å². The number of aromatic nitrogens is 1. The minimum atomic E-state index is -1.00. The van der Waals surface area contributed by atoms with E-state index < -0.39 is 35.6 Å². The lowest BCUT2D eigenvalue weighted by molar-refractivity contribution is -0.150. The lowest BCUT2D eigenvalue weighted by atomic mass is 10.0. The van der Waals surface area contributed by atoms with Crippen LogP contribution in [0.1, 0.15) is 48.6 Å². The van der Waals surface area contributed by atoms with Gasteiger partial charge in [-0.05, 0) is 25.3 Å². The molecule has 2 amide bonds. The fourth-order valence-corrected chi connectivity index (χ4v) is 4.43. The van der Waals surface area contributed by atoms with E-state index >= 15 is 0 Å². The number of nitrogens with one attached hydrogen (secondary N) is 1. The molecule has 3 rings (SSSR count). The number of carbonyl (C=O) groups is 3. The van der Waals surface area contributed by atoms with Crippen molar-refractivity contribution in [2.75, 3.05) is 0 Å². The fraction of sp³-hybridized carbons (Fsp3) is 0.478.